The Bertz CT molecular complexity index is 1180. The molecule has 0 radical (unpaired) electrons. The molecule has 10 heteroatoms. The predicted octanol–water partition coefficient (Wildman–Crippen LogP) is 3.91. The number of pyridine rings is 1. The minimum atomic E-state index is -4.40. The highest BCUT2D eigenvalue weighted by molar-refractivity contribution is 9.10. The normalized spacial score (nSPS) is 13.5. The van der Waals surface area contributed by atoms with Gasteiger partial charge < -0.3 is 14.8 Å². The fourth-order valence-corrected chi connectivity index (χ4v) is 3.12. The molecule has 2 aromatic carbocycles. The monoisotopic (exact) mass is 494 g/mol. The lowest BCUT2D eigenvalue weighted by Gasteiger charge is -2.18. The van der Waals surface area contributed by atoms with E-state index in [-0.39, 0.29) is 5.75 Å². The van der Waals surface area contributed by atoms with Crippen molar-refractivity contribution in [1.29, 1.82) is 0 Å². The molecule has 0 aliphatic rings. The molecule has 1 aromatic heterocycles. The van der Waals surface area contributed by atoms with Crippen LogP contribution in [0.4, 0.5) is 0 Å². The number of carbonyl (C=O) groups excluding carboxylic acids is 1. The van der Waals surface area contributed by atoms with Crippen molar-refractivity contribution in [2.45, 2.75) is 25.3 Å². The summed E-state index contributed by atoms with van der Waals surface area (Å²) in [5.74, 6) is 0.245. The molecule has 1 heterocycles. The van der Waals surface area contributed by atoms with Crippen LogP contribution in [0.25, 0.3) is 10.9 Å². The number of benzene rings is 2. The number of hydrogen-bond acceptors (Lipinski definition) is 6. The Balaban J connectivity index is 1.77. The smallest absolute Gasteiger partial charge is 0.285 e. The van der Waals surface area contributed by atoms with Gasteiger partial charge in [0.1, 0.15) is 0 Å². The van der Waals surface area contributed by atoms with E-state index in [0.717, 1.165) is 22.3 Å². The number of nitrogens with zero attached hydrogens (tertiary/aromatic N) is 1. The van der Waals surface area contributed by atoms with Crippen molar-refractivity contribution < 1.29 is 27.2 Å². The van der Waals surface area contributed by atoms with Crippen LogP contribution in [-0.2, 0) is 14.9 Å². The van der Waals surface area contributed by atoms with Gasteiger partial charge in [0.15, 0.2) is 23.0 Å². The van der Waals surface area contributed by atoms with Gasteiger partial charge in [-0.15, -0.1) is 0 Å². The van der Waals surface area contributed by atoms with E-state index in [1.807, 2.05) is 24.3 Å². The quantitative estimate of drug-likeness (QED) is 0.478. The summed E-state index contributed by atoms with van der Waals surface area (Å²) in [6.45, 7) is 2.61. The van der Waals surface area contributed by atoms with Gasteiger partial charge in [-0.2, -0.15) is 8.42 Å². The summed E-state index contributed by atoms with van der Waals surface area (Å²) in [6.07, 6.45) is -1.04. The number of para-hydroxylation sites is 2. The van der Waals surface area contributed by atoms with Crippen molar-refractivity contribution in [3.63, 3.8) is 0 Å². The molecular formula is C20H19BrN2O6S. The van der Waals surface area contributed by atoms with Crippen LogP contribution in [0.15, 0.2) is 59.1 Å². The lowest BCUT2D eigenvalue weighted by molar-refractivity contribution is -0.127. The first-order chi connectivity index (χ1) is 14.1. The summed E-state index contributed by atoms with van der Waals surface area (Å²) in [6, 6.07) is 16.0. The number of ether oxygens (including phenoxy) is 2. The van der Waals surface area contributed by atoms with Gasteiger partial charge in [0.25, 0.3) is 16.0 Å². The Hall–Kier alpha value is -2.69. The summed E-state index contributed by atoms with van der Waals surface area (Å²) >= 11 is 3.41. The number of fused-ring (bicyclic) bond motifs is 1. The van der Waals surface area contributed by atoms with Crippen molar-refractivity contribution in [2.75, 3.05) is 0 Å². The molecule has 8 nitrogen and oxygen atoms in total. The van der Waals surface area contributed by atoms with Gasteiger partial charge in [0.05, 0.1) is 5.52 Å². The molecule has 3 aromatic rings. The summed E-state index contributed by atoms with van der Waals surface area (Å²) in [7, 11) is -4.40. The Kier molecular flexibility index (Phi) is 6.59. The van der Waals surface area contributed by atoms with Crippen LogP contribution in [0.1, 0.15) is 13.8 Å². The zero-order valence-corrected chi connectivity index (χ0v) is 18.5. The third kappa shape index (κ3) is 5.47. The maximum Gasteiger partial charge on any atom is 0.285 e. The molecule has 0 spiro atoms. The van der Waals surface area contributed by atoms with Crippen LogP contribution < -0.4 is 14.8 Å². The number of amides is 1. The predicted molar refractivity (Wildman–Crippen MR) is 115 cm³/mol. The number of rotatable bonds is 7. The van der Waals surface area contributed by atoms with Crippen LogP contribution in [-0.4, -0.2) is 35.3 Å². The van der Waals surface area contributed by atoms with Crippen molar-refractivity contribution in [3.8, 4) is 17.4 Å². The van der Waals surface area contributed by atoms with E-state index in [1.165, 1.54) is 6.92 Å². The van der Waals surface area contributed by atoms with Gasteiger partial charge in [0.2, 0.25) is 5.88 Å². The lowest BCUT2D eigenvalue weighted by Crippen LogP contribution is -2.44. The van der Waals surface area contributed by atoms with Gasteiger partial charge in [-0.1, -0.05) is 34.1 Å². The Morgan fingerprint density at radius 1 is 1.10 bits per heavy atom. The molecule has 1 amide bonds. The van der Waals surface area contributed by atoms with E-state index >= 15 is 0 Å². The third-order valence-corrected chi connectivity index (χ3v) is 5.66. The topological polar surface area (TPSA) is 115 Å². The maximum absolute atomic E-state index is 12.2. The van der Waals surface area contributed by atoms with Gasteiger partial charge >= 0.3 is 0 Å². The molecule has 2 N–H and O–H groups in total. The molecule has 0 saturated heterocycles. The first-order valence-electron chi connectivity index (χ1n) is 8.90. The van der Waals surface area contributed by atoms with E-state index in [4.69, 9.17) is 14.0 Å². The molecule has 2 atom stereocenters. The fraction of sp³-hybridized carbons (Fsp3) is 0.200. The number of carbonyl (C=O) groups is 1. The van der Waals surface area contributed by atoms with Crippen LogP contribution in [0.3, 0.4) is 0 Å². The van der Waals surface area contributed by atoms with Gasteiger partial charge in [-0.05, 0) is 44.2 Å². The van der Waals surface area contributed by atoms with Gasteiger partial charge in [0, 0.05) is 15.9 Å². The molecule has 0 bridgehead atoms. The summed E-state index contributed by atoms with van der Waals surface area (Å²) in [5, 5.41) is 1.67. The fourth-order valence-electron chi connectivity index (χ4n) is 2.51. The van der Waals surface area contributed by atoms with E-state index in [9.17, 15) is 13.2 Å². The molecular weight excluding hydrogens is 476 g/mol. The number of hydrogen-bond donors (Lipinski definition) is 2. The Labute approximate surface area is 182 Å². The molecule has 30 heavy (non-hydrogen) atoms. The van der Waals surface area contributed by atoms with Crippen LogP contribution in [0.2, 0.25) is 0 Å². The van der Waals surface area contributed by atoms with Crippen LogP contribution in [0.5, 0.6) is 17.4 Å². The molecule has 0 saturated carbocycles. The molecule has 3 rings (SSSR count). The average molecular weight is 495 g/mol. The third-order valence-electron chi connectivity index (χ3n) is 4.16. The Morgan fingerprint density at radius 3 is 2.47 bits per heavy atom. The highest BCUT2D eigenvalue weighted by Gasteiger charge is 2.24. The largest absolute Gasteiger partial charge is 0.477 e. The van der Waals surface area contributed by atoms with Crippen LogP contribution in [0, 0.1) is 0 Å². The summed E-state index contributed by atoms with van der Waals surface area (Å²) < 4.78 is 43.6. The van der Waals surface area contributed by atoms with Crippen molar-refractivity contribution in [2.24, 2.45) is 0 Å². The second-order valence-corrected chi connectivity index (χ2v) is 9.11. The molecule has 0 fully saturated rings. The van der Waals surface area contributed by atoms with E-state index in [0.29, 0.717) is 11.6 Å². The molecule has 0 aliphatic heterocycles. The van der Waals surface area contributed by atoms with Gasteiger partial charge in [-0.25, -0.2) is 4.98 Å². The highest BCUT2D eigenvalue weighted by atomic mass is 79.9. The first kappa shape index (κ1) is 22.0. The first-order valence-corrected chi connectivity index (χ1v) is 11.2. The van der Waals surface area contributed by atoms with E-state index < -0.39 is 27.5 Å². The van der Waals surface area contributed by atoms with E-state index in [2.05, 4.69) is 26.2 Å². The van der Waals surface area contributed by atoms with Gasteiger partial charge in [-0.3, -0.25) is 9.35 Å². The van der Waals surface area contributed by atoms with E-state index in [1.54, 1.807) is 30.3 Å². The zero-order chi connectivity index (χ0) is 21.9. The number of aromatic nitrogens is 1. The maximum atomic E-state index is 12.2. The molecule has 1 unspecified atom stereocenters. The van der Waals surface area contributed by atoms with Crippen molar-refractivity contribution in [1.82, 2.24) is 10.3 Å². The second-order valence-electron chi connectivity index (χ2n) is 6.46. The molecule has 158 valence electrons. The second kappa shape index (κ2) is 8.99. The van der Waals surface area contributed by atoms with Crippen molar-refractivity contribution in [3.05, 3.63) is 59.1 Å². The minimum absolute atomic E-state index is 0.274. The highest BCUT2D eigenvalue weighted by Crippen LogP contribution is 2.32. The standard InChI is InChI=1S/C20H19BrN2O6S/c1-12(20(24)22-13(2)30(25,26)27)28-17-5-3-4-6-18(17)29-19-10-8-14-7-9-15(21)11-16(14)23-19/h3-13H,1-2H3,(H,22,24)(H,25,26,27)/t12-,13?/m1/s1. The number of halogens is 1. The lowest BCUT2D eigenvalue weighted by atomic mass is 10.2. The SMILES string of the molecule is CC(NC(=O)[C@@H](C)Oc1ccccc1Oc1ccc2ccc(Br)cc2n1)S(=O)(=O)O. The van der Waals surface area contributed by atoms with Crippen LogP contribution >= 0.6 is 15.9 Å². The zero-order valence-electron chi connectivity index (χ0n) is 16.1. The van der Waals surface area contributed by atoms with Crippen molar-refractivity contribution >= 4 is 42.9 Å². The summed E-state index contributed by atoms with van der Waals surface area (Å²) in [5.41, 5.74) is 0.743. The Morgan fingerprint density at radius 2 is 1.77 bits per heavy atom. The number of nitrogens with one attached hydrogen (secondary N) is 1. The average Bonchev–Trinajstić information content (AvgIpc) is 2.68. The minimum Gasteiger partial charge on any atom is -0.477 e. The summed E-state index contributed by atoms with van der Waals surface area (Å²) in [4.78, 5) is 16.7. The molecule has 0 aliphatic carbocycles.